The van der Waals surface area contributed by atoms with Crippen molar-refractivity contribution in [2.75, 3.05) is 30.4 Å². The zero-order chi connectivity index (χ0) is 15.9. The van der Waals surface area contributed by atoms with Crippen LogP contribution in [-0.4, -0.2) is 39.5 Å². The van der Waals surface area contributed by atoms with Crippen LogP contribution in [0.25, 0.3) is 0 Å². The van der Waals surface area contributed by atoms with Crippen LogP contribution in [0.15, 0.2) is 24.3 Å². The smallest absolute Gasteiger partial charge is 0.319 e. The highest BCUT2D eigenvalue weighted by atomic mass is 32.2. The lowest BCUT2D eigenvalue weighted by atomic mass is 10.1. The number of rotatable bonds is 7. The molecule has 118 valence electrons. The van der Waals surface area contributed by atoms with E-state index in [4.69, 9.17) is 0 Å². The SMILES string of the molecule is CCNC(C)c1ccc(NC(=O)NCCS(C)(=O)=O)cc1. The average Bonchev–Trinajstić information content (AvgIpc) is 2.38. The second kappa shape index (κ2) is 7.99. The summed E-state index contributed by atoms with van der Waals surface area (Å²) in [7, 11) is -3.06. The quantitative estimate of drug-likeness (QED) is 0.712. The molecular weight excluding hydrogens is 290 g/mol. The van der Waals surface area contributed by atoms with Crippen molar-refractivity contribution >= 4 is 21.6 Å². The minimum Gasteiger partial charge on any atom is -0.337 e. The van der Waals surface area contributed by atoms with E-state index < -0.39 is 15.9 Å². The van der Waals surface area contributed by atoms with Gasteiger partial charge in [-0.05, 0) is 31.2 Å². The molecule has 2 amide bonds. The van der Waals surface area contributed by atoms with Crippen LogP contribution in [0.5, 0.6) is 0 Å². The van der Waals surface area contributed by atoms with Gasteiger partial charge in [0.05, 0.1) is 5.75 Å². The zero-order valence-electron chi connectivity index (χ0n) is 12.6. The molecule has 6 nitrogen and oxygen atoms in total. The monoisotopic (exact) mass is 313 g/mol. The topological polar surface area (TPSA) is 87.3 Å². The predicted molar refractivity (Wildman–Crippen MR) is 85.3 cm³/mol. The lowest BCUT2D eigenvalue weighted by molar-refractivity contribution is 0.252. The maximum absolute atomic E-state index is 11.6. The molecule has 1 atom stereocenters. The predicted octanol–water partition coefficient (Wildman–Crippen LogP) is 1.52. The van der Waals surface area contributed by atoms with Gasteiger partial charge in [0, 0.05) is 24.5 Å². The molecule has 0 saturated carbocycles. The maximum Gasteiger partial charge on any atom is 0.319 e. The summed E-state index contributed by atoms with van der Waals surface area (Å²) in [6.45, 7) is 5.11. The maximum atomic E-state index is 11.6. The summed E-state index contributed by atoms with van der Waals surface area (Å²) in [5.41, 5.74) is 1.80. The Hall–Kier alpha value is -1.60. The number of sulfone groups is 1. The van der Waals surface area contributed by atoms with Crippen LogP contribution in [0.2, 0.25) is 0 Å². The molecule has 1 unspecified atom stereocenters. The largest absolute Gasteiger partial charge is 0.337 e. The fourth-order valence-corrected chi connectivity index (χ4v) is 2.28. The van der Waals surface area contributed by atoms with Gasteiger partial charge in [-0.1, -0.05) is 19.1 Å². The minimum atomic E-state index is -3.06. The van der Waals surface area contributed by atoms with Crippen LogP contribution >= 0.6 is 0 Å². The first-order chi connectivity index (χ1) is 9.81. The Labute approximate surface area is 126 Å². The standard InChI is InChI=1S/C14H23N3O3S/c1-4-15-11(2)12-5-7-13(8-6-12)17-14(18)16-9-10-21(3,19)20/h5-8,11,15H,4,9-10H2,1-3H3,(H2,16,17,18). The summed E-state index contributed by atoms with van der Waals surface area (Å²) in [5, 5.41) is 8.47. The normalized spacial score (nSPS) is 12.7. The molecule has 0 aliphatic carbocycles. The van der Waals surface area contributed by atoms with Crippen LogP contribution in [-0.2, 0) is 9.84 Å². The Morgan fingerprint density at radius 2 is 1.86 bits per heavy atom. The van der Waals surface area contributed by atoms with Gasteiger partial charge in [0.25, 0.3) is 0 Å². The highest BCUT2D eigenvalue weighted by Gasteiger charge is 2.06. The van der Waals surface area contributed by atoms with E-state index in [0.29, 0.717) is 5.69 Å². The Morgan fingerprint density at radius 1 is 1.24 bits per heavy atom. The van der Waals surface area contributed by atoms with Crippen molar-refractivity contribution in [1.29, 1.82) is 0 Å². The minimum absolute atomic E-state index is 0.0699. The number of benzene rings is 1. The van der Waals surface area contributed by atoms with E-state index in [1.807, 2.05) is 31.2 Å². The molecule has 1 aromatic carbocycles. The van der Waals surface area contributed by atoms with Gasteiger partial charge >= 0.3 is 6.03 Å². The van der Waals surface area contributed by atoms with Crippen LogP contribution in [0.3, 0.4) is 0 Å². The van der Waals surface area contributed by atoms with E-state index in [2.05, 4.69) is 22.9 Å². The first kappa shape index (κ1) is 17.5. The summed E-state index contributed by atoms with van der Waals surface area (Å²) >= 11 is 0. The van der Waals surface area contributed by atoms with Crippen molar-refractivity contribution < 1.29 is 13.2 Å². The van der Waals surface area contributed by atoms with E-state index in [9.17, 15) is 13.2 Å². The van der Waals surface area contributed by atoms with E-state index in [1.54, 1.807) is 0 Å². The van der Waals surface area contributed by atoms with Crippen LogP contribution in [0.1, 0.15) is 25.5 Å². The Balaban J connectivity index is 2.46. The number of hydrogen-bond donors (Lipinski definition) is 3. The molecule has 21 heavy (non-hydrogen) atoms. The second-order valence-electron chi connectivity index (χ2n) is 4.91. The number of urea groups is 1. The third-order valence-electron chi connectivity index (χ3n) is 2.94. The van der Waals surface area contributed by atoms with Crippen LogP contribution < -0.4 is 16.0 Å². The van der Waals surface area contributed by atoms with Gasteiger partial charge in [-0.3, -0.25) is 0 Å². The first-order valence-corrected chi connectivity index (χ1v) is 8.94. The number of anilines is 1. The second-order valence-corrected chi connectivity index (χ2v) is 7.17. The van der Waals surface area contributed by atoms with E-state index >= 15 is 0 Å². The fourth-order valence-electron chi connectivity index (χ4n) is 1.80. The van der Waals surface area contributed by atoms with Crippen molar-refractivity contribution in [2.24, 2.45) is 0 Å². The highest BCUT2D eigenvalue weighted by molar-refractivity contribution is 7.90. The number of carbonyl (C=O) groups is 1. The molecule has 0 spiro atoms. The van der Waals surface area contributed by atoms with Crippen molar-refractivity contribution in [2.45, 2.75) is 19.9 Å². The average molecular weight is 313 g/mol. The summed E-state index contributed by atoms with van der Waals surface area (Å²) in [5.74, 6) is -0.0699. The lowest BCUT2D eigenvalue weighted by Crippen LogP contribution is -2.32. The van der Waals surface area contributed by atoms with Crippen molar-refractivity contribution in [3.05, 3.63) is 29.8 Å². The molecule has 0 bridgehead atoms. The highest BCUT2D eigenvalue weighted by Crippen LogP contribution is 2.15. The molecule has 0 saturated heterocycles. The van der Waals surface area contributed by atoms with Gasteiger partial charge < -0.3 is 16.0 Å². The Morgan fingerprint density at radius 3 is 2.38 bits per heavy atom. The summed E-state index contributed by atoms with van der Waals surface area (Å²) in [4.78, 5) is 11.6. The van der Waals surface area contributed by atoms with Crippen molar-refractivity contribution in [1.82, 2.24) is 10.6 Å². The summed E-state index contributed by atoms with van der Waals surface area (Å²) in [6.07, 6.45) is 1.14. The van der Waals surface area contributed by atoms with Gasteiger partial charge in [-0.15, -0.1) is 0 Å². The molecule has 1 rings (SSSR count). The zero-order valence-corrected chi connectivity index (χ0v) is 13.5. The van der Waals surface area contributed by atoms with E-state index in [-0.39, 0.29) is 18.3 Å². The molecule has 0 aliphatic heterocycles. The van der Waals surface area contributed by atoms with E-state index in [1.165, 1.54) is 0 Å². The molecule has 1 aromatic rings. The fraction of sp³-hybridized carbons (Fsp3) is 0.500. The Kier molecular flexibility index (Phi) is 6.64. The summed E-state index contributed by atoms with van der Waals surface area (Å²) in [6, 6.07) is 7.37. The lowest BCUT2D eigenvalue weighted by Gasteiger charge is -2.13. The summed E-state index contributed by atoms with van der Waals surface area (Å²) < 4.78 is 21.9. The molecule has 0 radical (unpaired) electrons. The van der Waals surface area contributed by atoms with Gasteiger partial charge in [0.2, 0.25) is 0 Å². The van der Waals surface area contributed by atoms with Crippen LogP contribution in [0, 0.1) is 0 Å². The van der Waals surface area contributed by atoms with Crippen LogP contribution in [0.4, 0.5) is 10.5 Å². The third-order valence-corrected chi connectivity index (χ3v) is 3.88. The van der Waals surface area contributed by atoms with Crippen molar-refractivity contribution in [3.8, 4) is 0 Å². The molecular formula is C14H23N3O3S. The number of amides is 2. The number of nitrogens with one attached hydrogen (secondary N) is 3. The van der Waals surface area contributed by atoms with Gasteiger partial charge in [-0.25, -0.2) is 13.2 Å². The number of carbonyl (C=O) groups excluding carboxylic acids is 1. The third kappa shape index (κ3) is 7.10. The molecule has 0 aromatic heterocycles. The van der Waals surface area contributed by atoms with Crippen molar-refractivity contribution in [3.63, 3.8) is 0 Å². The molecule has 0 fully saturated rings. The molecule has 0 heterocycles. The van der Waals surface area contributed by atoms with Gasteiger partial charge in [0.1, 0.15) is 9.84 Å². The van der Waals surface area contributed by atoms with E-state index in [0.717, 1.165) is 18.4 Å². The molecule has 7 heteroatoms. The number of hydrogen-bond acceptors (Lipinski definition) is 4. The molecule has 0 aliphatic rings. The Bertz CT molecular complexity index is 555. The molecule has 3 N–H and O–H groups in total. The first-order valence-electron chi connectivity index (χ1n) is 6.87. The van der Waals surface area contributed by atoms with Gasteiger partial charge in [-0.2, -0.15) is 0 Å². The van der Waals surface area contributed by atoms with Gasteiger partial charge in [0.15, 0.2) is 0 Å².